The van der Waals surface area contributed by atoms with Gasteiger partial charge in [-0.25, -0.2) is 0 Å². The first-order chi connectivity index (χ1) is 8.78. The summed E-state index contributed by atoms with van der Waals surface area (Å²) in [6.45, 7) is 2.20. The first kappa shape index (κ1) is 11.7. The topological polar surface area (TPSA) is 0 Å². The molecule has 0 nitrogen and oxygen atoms in total. The first-order valence-electron chi connectivity index (χ1n) is 6.22. The van der Waals surface area contributed by atoms with E-state index >= 15 is 0 Å². The zero-order valence-electron chi connectivity index (χ0n) is 10.3. The number of rotatable bonds is 2. The molecule has 1 heteroatoms. The van der Waals surface area contributed by atoms with E-state index in [1.807, 2.05) is 0 Å². The highest BCUT2D eigenvalue weighted by molar-refractivity contribution is 9.10. The minimum atomic E-state index is 1.09. The van der Waals surface area contributed by atoms with Gasteiger partial charge in [0.2, 0.25) is 0 Å². The predicted molar refractivity (Wildman–Crippen MR) is 81.2 cm³/mol. The second-order valence-electron chi connectivity index (χ2n) is 4.54. The molecule has 3 rings (SSSR count). The van der Waals surface area contributed by atoms with Gasteiger partial charge in [0.05, 0.1) is 0 Å². The van der Waals surface area contributed by atoms with Gasteiger partial charge >= 0.3 is 0 Å². The van der Waals surface area contributed by atoms with Crippen LogP contribution < -0.4 is 0 Å². The number of benzene rings is 2. The molecule has 0 N–H and O–H groups in total. The Labute approximate surface area is 116 Å². The summed E-state index contributed by atoms with van der Waals surface area (Å²) in [6, 6.07) is 15.0. The van der Waals surface area contributed by atoms with Gasteiger partial charge in [0.15, 0.2) is 0 Å². The molecule has 0 aliphatic heterocycles. The Morgan fingerprint density at radius 3 is 2.67 bits per heavy atom. The Morgan fingerprint density at radius 1 is 1.06 bits per heavy atom. The zero-order chi connectivity index (χ0) is 12.5. The van der Waals surface area contributed by atoms with Crippen molar-refractivity contribution in [2.75, 3.05) is 0 Å². The Morgan fingerprint density at radius 2 is 1.89 bits per heavy atom. The van der Waals surface area contributed by atoms with Crippen molar-refractivity contribution in [3.05, 3.63) is 70.1 Å². The van der Waals surface area contributed by atoms with Gasteiger partial charge in [-0.2, -0.15) is 0 Å². The second kappa shape index (κ2) is 4.74. The monoisotopic (exact) mass is 297 g/mol. The maximum atomic E-state index is 3.54. The third kappa shape index (κ3) is 2.04. The van der Waals surface area contributed by atoms with Crippen molar-refractivity contribution in [2.24, 2.45) is 0 Å². The summed E-state index contributed by atoms with van der Waals surface area (Å²) in [5.74, 6) is 0. The molecule has 0 atom stereocenters. The highest BCUT2D eigenvalue weighted by Crippen LogP contribution is 2.36. The molecule has 18 heavy (non-hydrogen) atoms. The molecule has 0 bridgehead atoms. The summed E-state index contributed by atoms with van der Waals surface area (Å²) in [6.07, 6.45) is 5.69. The molecular weight excluding hydrogens is 284 g/mol. The van der Waals surface area contributed by atoms with Gasteiger partial charge in [0.25, 0.3) is 0 Å². The molecule has 0 aromatic heterocycles. The van der Waals surface area contributed by atoms with E-state index in [0.717, 1.165) is 10.9 Å². The molecule has 2 aromatic carbocycles. The van der Waals surface area contributed by atoms with Gasteiger partial charge in [0.1, 0.15) is 0 Å². The van der Waals surface area contributed by atoms with E-state index in [9.17, 15) is 0 Å². The molecule has 0 saturated heterocycles. The summed E-state index contributed by atoms with van der Waals surface area (Å²) < 4.78 is 1.12. The second-order valence-corrected chi connectivity index (χ2v) is 5.45. The normalized spacial score (nSPS) is 13.3. The number of hydrogen-bond donors (Lipinski definition) is 0. The highest BCUT2D eigenvalue weighted by atomic mass is 79.9. The number of halogens is 1. The molecule has 0 spiro atoms. The van der Waals surface area contributed by atoms with Gasteiger partial charge in [-0.15, -0.1) is 0 Å². The minimum Gasteiger partial charge on any atom is -0.0616 e. The van der Waals surface area contributed by atoms with E-state index in [0.29, 0.717) is 0 Å². The van der Waals surface area contributed by atoms with Crippen LogP contribution in [0.4, 0.5) is 0 Å². The van der Waals surface area contributed by atoms with Crippen LogP contribution in [0.2, 0.25) is 0 Å². The molecule has 2 aromatic rings. The van der Waals surface area contributed by atoms with Crippen LogP contribution in [0.5, 0.6) is 0 Å². The third-order valence-electron chi connectivity index (χ3n) is 3.35. The molecule has 0 fully saturated rings. The third-order valence-corrected chi connectivity index (χ3v) is 3.85. The van der Waals surface area contributed by atoms with Crippen molar-refractivity contribution in [1.82, 2.24) is 0 Å². The maximum absolute atomic E-state index is 3.54. The SMILES string of the molecule is CCC1=Cc2c(cccc2-c2cccc(Br)c2)[CH]1. The van der Waals surface area contributed by atoms with Crippen molar-refractivity contribution in [3.8, 4) is 11.1 Å². The molecule has 89 valence electrons. The lowest BCUT2D eigenvalue weighted by Crippen LogP contribution is -1.86. The molecule has 0 saturated carbocycles. The standard InChI is InChI=1S/C17H14Br/c1-2-12-9-13-6-4-8-16(17(13)10-12)14-5-3-7-15(18)11-14/h3-11H,2H2,1H3. The lowest BCUT2D eigenvalue weighted by atomic mass is 9.97. The van der Waals surface area contributed by atoms with Gasteiger partial charge < -0.3 is 0 Å². The number of hydrogen-bond acceptors (Lipinski definition) is 0. The molecule has 0 amide bonds. The van der Waals surface area contributed by atoms with E-state index in [1.54, 1.807) is 0 Å². The van der Waals surface area contributed by atoms with Crippen LogP contribution in [0.1, 0.15) is 24.5 Å². The largest absolute Gasteiger partial charge is 0.0616 e. The molecule has 0 heterocycles. The molecule has 0 unspecified atom stereocenters. The molecule has 1 aliphatic rings. The van der Waals surface area contributed by atoms with Gasteiger partial charge in [-0.1, -0.05) is 64.8 Å². The quantitative estimate of drug-likeness (QED) is 0.689. The Bertz CT molecular complexity index is 623. The van der Waals surface area contributed by atoms with E-state index in [4.69, 9.17) is 0 Å². The maximum Gasteiger partial charge on any atom is 0.0181 e. The van der Waals surface area contributed by atoms with Crippen molar-refractivity contribution >= 4 is 22.0 Å². The van der Waals surface area contributed by atoms with E-state index in [1.165, 1.54) is 27.8 Å². The van der Waals surface area contributed by atoms with Gasteiger partial charge in [-0.05, 0) is 40.8 Å². The summed E-state index contributed by atoms with van der Waals surface area (Å²) in [7, 11) is 0. The van der Waals surface area contributed by atoms with Crippen LogP contribution in [-0.4, -0.2) is 0 Å². The van der Waals surface area contributed by atoms with Crippen LogP contribution in [-0.2, 0) is 0 Å². The van der Waals surface area contributed by atoms with Crippen LogP contribution in [0.3, 0.4) is 0 Å². The minimum absolute atomic E-state index is 1.09. The smallest absolute Gasteiger partial charge is 0.0181 e. The number of allylic oxidation sites excluding steroid dienone is 1. The summed E-state index contributed by atoms with van der Waals surface area (Å²) >= 11 is 3.54. The highest BCUT2D eigenvalue weighted by Gasteiger charge is 2.15. The lowest BCUT2D eigenvalue weighted by Gasteiger charge is -2.08. The van der Waals surface area contributed by atoms with Gasteiger partial charge in [-0.3, -0.25) is 0 Å². The van der Waals surface area contributed by atoms with Crippen LogP contribution in [0.15, 0.2) is 52.5 Å². The van der Waals surface area contributed by atoms with Crippen molar-refractivity contribution in [1.29, 1.82) is 0 Å². The fourth-order valence-electron chi connectivity index (χ4n) is 2.41. The Hall–Kier alpha value is -1.34. The van der Waals surface area contributed by atoms with E-state index in [-0.39, 0.29) is 0 Å². The van der Waals surface area contributed by atoms with Gasteiger partial charge in [0, 0.05) is 10.9 Å². The fraction of sp³-hybridized carbons (Fsp3) is 0.118. The molecular formula is C17H14Br. The van der Waals surface area contributed by atoms with Crippen LogP contribution in [0.25, 0.3) is 17.2 Å². The van der Waals surface area contributed by atoms with E-state index < -0.39 is 0 Å². The average Bonchev–Trinajstić information content (AvgIpc) is 2.81. The summed E-state index contributed by atoms with van der Waals surface area (Å²) in [5, 5.41) is 0. The Balaban J connectivity index is 2.15. The summed E-state index contributed by atoms with van der Waals surface area (Å²) in [5.41, 5.74) is 6.68. The molecule has 1 aliphatic carbocycles. The van der Waals surface area contributed by atoms with E-state index in [2.05, 4.69) is 77.8 Å². The first-order valence-corrected chi connectivity index (χ1v) is 7.01. The average molecular weight is 298 g/mol. The van der Waals surface area contributed by atoms with Crippen molar-refractivity contribution in [2.45, 2.75) is 13.3 Å². The Kier molecular flexibility index (Phi) is 3.09. The van der Waals surface area contributed by atoms with Crippen LogP contribution >= 0.6 is 15.9 Å². The lowest BCUT2D eigenvalue weighted by molar-refractivity contribution is 1.14. The van der Waals surface area contributed by atoms with Crippen molar-refractivity contribution < 1.29 is 0 Å². The fourth-order valence-corrected chi connectivity index (χ4v) is 2.81. The summed E-state index contributed by atoms with van der Waals surface area (Å²) in [4.78, 5) is 0. The zero-order valence-corrected chi connectivity index (χ0v) is 11.9. The number of fused-ring (bicyclic) bond motifs is 1. The van der Waals surface area contributed by atoms with Crippen molar-refractivity contribution in [3.63, 3.8) is 0 Å². The molecule has 1 radical (unpaired) electrons. The van der Waals surface area contributed by atoms with Crippen LogP contribution in [0, 0.1) is 6.42 Å². The predicted octanol–water partition coefficient (Wildman–Crippen LogP) is 5.48.